The Bertz CT molecular complexity index is 777. The number of nitrogens with two attached hydrogens (primary N) is 1. The SMILES string of the molecule is CCC(=O)NC1c2ccccc2CC1O.NC1c2ccccc2CC1O. The molecule has 0 aromatic heterocycles. The molecule has 2 aromatic rings. The maximum absolute atomic E-state index is 11.3. The quantitative estimate of drug-likeness (QED) is 0.661. The molecule has 26 heavy (non-hydrogen) atoms. The lowest BCUT2D eigenvalue weighted by molar-refractivity contribution is -0.122. The first kappa shape index (κ1) is 18.6. The molecule has 0 spiro atoms. The number of rotatable bonds is 2. The van der Waals surface area contributed by atoms with Crippen LogP contribution in [-0.4, -0.2) is 28.3 Å². The van der Waals surface area contributed by atoms with E-state index in [1.54, 1.807) is 0 Å². The molecule has 138 valence electrons. The average Bonchev–Trinajstić information content (AvgIpc) is 3.12. The van der Waals surface area contributed by atoms with Crippen LogP contribution in [0.2, 0.25) is 0 Å². The average molecular weight is 354 g/mol. The van der Waals surface area contributed by atoms with Crippen LogP contribution in [-0.2, 0) is 17.6 Å². The van der Waals surface area contributed by atoms with Crippen LogP contribution >= 0.6 is 0 Å². The van der Waals surface area contributed by atoms with Gasteiger partial charge in [0, 0.05) is 19.3 Å². The van der Waals surface area contributed by atoms with Crippen molar-refractivity contribution in [3.8, 4) is 0 Å². The number of nitrogens with one attached hydrogen (secondary N) is 1. The summed E-state index contributed by atoms with van der Waals surface area (Å²) in [7, 11) is 0. The van der Waals surface area contributed by atoms with Crippen molar-refractivity contribution in [1.82, 2.24) is 5.32 Å². The Morgan fingerprint density at radius 3 is 2.15 bits per heavy atom. The summed E-state index contributed by atoms with van der Waals surface area (Å²) >= 11 is 0. The summed E-state index contributed by atoms with van der Waals surface area (Å²) in [6.45, 7) is 1.81. The first-order valence-electron chi connectivity index (χ1n) is 9.08. The summed E-state index contributed by atoms with van der Waals surface area (Å²) in [5.41, 5.74) is 10.2. The summed E-state index contributed by atoms with van der Waals surface area (Å²) in [5.74, 6) is -0.0178. The van der Waals surface area contributed by atoms with Gasteiger partial charge in [-0.15, -0.1) is 0 Å². The predicted octanol–water partition coefficient (Wildman–Crippen LogP) is 1.77. The minimum Gasteiger partial charge on any atom is -0.391 e. The van der Waals surface area contributed by atoms with Crippen LogP contribution in [0, 0.1) is 0 Å². The molecule has 4 unspecified atom stereocenters. The van der Waals surface area contributed by atoms with E-state index in [9.17, 15) is 15.0 Å². The zero-order valence-electron chi connectivity index (χ0n) is 14.9. The van der Waals surface area contributed by atoms with Crippen molar-refractivity contribution in [2.75, 3.05) is 0 Å². The number of amides is 1. The van der Waals surface area contributed by atoms with Crippen LogP contribution in [0.15, 0.2) is 48.5 Å². The molecule has 0 fully saturated rings. The molecule has 0 saturated heterocycles. The second-order valence-electron chi connectivity index (χ2n) is 6.87. The van der Waals surface area contributed by atoms with E-state index in [1.165, 1.54) is 5.56 Å². The summed E-state index contributed by atoms with van der Waals surface area (Å²) in [4.78, 5) is 11.3. The molecule has 2 aromatic carbocycles. The van der Waals surface area contributed by atoms with Crippen LogP contribution in [0.5, 0.6) is 0 Å². The third-order valence-electron chi connectivity index (χ3n) is 5.10. The highest BCUT2D eigenvalue weighted by Gasteiger charge is 2.31. The van der Waals surface area contributed by atoms with Crippen molar-refractivity contribution >= 4 is 5.91 Å². The highest BCUT2D eigenvalue weighted by atomic mass is 16.3. The molecular formula is C21H26N2O3. The van der Waals surface area contributed by atoms with Crippen molar-refractivity contribution in [2.24, 2.45) is 5.73 Å². The molecule has 2 aliphatic carbocycles. The number of hydrogen-bond donors (Lipinski definition) is 4. The van der Waals surface area contributed by atoms with Gasteiger partial charge in [-0.3, -0.25) is 4.79 Å². The third-order valence-corrected chi connectivity index (χ3v) is 5.10. The van der Waals surface area contributed by atoms with E-state index < -0.39 is 6.10 Å². The predicted molar refractivity (Wildman–Crippen MR) is 100 cm³/mol. The molecule has 0 bridgehead atoms. The number of fused-ring (bicyclic) bond motifs is 2. The number of carbonyl (C=O) groups excluding carboxylic acids is 1. The minimum absolute atomic E-state index is 0.0178. The van der Waals surface area contributed by atoms with E-state index >= 15 is 0 Å². The monoisotopic (exact) mass is 354 g/mol. The Labute approximate surface area is 153 Å². The van der Waals surface area contributed by atoms with Gasteiger partial charge in [-0.25, -0.2) is 0 Å². The molecule has 0 saturated carbocycles. The van der Waals surface area contributed by atoms with Crippen molar-refractivity contribution in [2.45, 2.75) is 50.5 Å². The maximum Gasteiger partial charge on any atom is 0.220 e. The largest absolute Gasteiger partial charge is 0.391 e. The fraction of sp³-hybridized carbons (Fsp3) is 0.381. The minimum atomic E-state index is -0.488. The van der Waals surface area contributed by atoms with Gasteiger partial charge in [0.15, 0.2) is 0 Å². The molecule has 5 N–H and O–H groups in total. The Morgan fingerprint density at radius 2 is 1.54 bits per heavy atom. The maximum atomic E-state index is 11.3. The van der Waals surface area contributed by atoms with Gasteiger partial charge in [0.2, 0.25) is 5.91 Å². The van der Waals surface area contributed by atoms with Crippen molar-refractivity contribution in [3.05, 3.63) is 70.8 Å². The molecule has 0 heterocycles. The topological polar surface area (TPSA) is 95.6 Å². The second-order valence-corrected chi connectivity index (χ2v) is 6.87. The van der Waals surface area contributed by atoms with Crippen LogP contribution < -0.4 is 11.1 Å². The molecular weight excluding hydrogens is 328 g/mol. The molecule has 4 atom stereocenters. The number of aliphatic hydroxyl groups is 2. The van der Waals surface area contributed by atoms with E-state index in [0.717, 1.165) is 16.7 Å². The van der Waals surface area contributed by atoms with Crippen molar-refractivity contribution in [3.63, 3.8) is 0 Å². The fourth-order valence-electron chi connectivity index (χ4n) is 3.63. The Kier molecular flexibility index (Phi) is 5.71. The molecule has 2 aliphatic rings. The van der Waals surface area contributed by atoms with Gasteiger partial charge < -0.3 is 21.3 Å². The standard InChI is InChI=1S/C12H15NO2.C9H11NO/c1-2-11(15)13-12-9-6-4-3-5-8(9)7-10(12)14;10-9-7-4-2-1-3-6(7)5-8(9)11/h3-6,10,12,14H,2,7H2,1H3,(H,13,15);1-4,8-9,11H,5,10H2. The summed E-state index contributed by atoms with van der Waals surface area (Å²) < 4.78 is 0. The van der Waals surface area contributed by atoms with Gasteiger partial charge in [0.1, 0.15) is 0 Å². The normalized spacial score (nSPS) is 25.7. The lowest BCUT2D eigenvalue weighted by Crippen LogP contribution is -2.33. The number of hydrogen-bond acceptors (Lipinski definition) is 4. The van der Waals surface area contributed by atoms with Crippen LogP contribution in [0.1, 0.15) is 47.7 Å². The van der Waals surface area contributed by atoms with E-state index in [0.29, 0.717) is 19.3 Å². The van der Waals surface area contributed by atoms with Gasteiger partial charge >= 0.3 is 0 Å². The molecule has 4 rings (SSSR count). The first-order valence-corrected chi connectivity index (χ1v) is 9.08. The zero-order chi connectivity index (χ0) is 18.7. The lowest BCUT2D eigenvalue weighted by Gasteiger charge is -2.17. The first-order chi connectivity index (χ1) is 12.5. The highest BCUT2D eigenvalue weighted by Crippen LogP contribution is 2.31. The summed E-state index contributed by atoms with van der Waals surface area (Å²) in [6.07, 6.45) is 0.915. The summed E-state index contributed by atoms with van der Waals surface area (Å²) in [5, 5.41) is 22.1. The molecule has 5 heteroatoms. The number of carbonyl (C=O) groups is 1. The van der Waals surface area contributed by atoms with E-state index in [-0.39, 0.29) is 24.1 Å². The summed E-state index contributed by atoms with van der Waals surface area (Å²) in [6, 6.07) is 15.4. The van der Waals surface area contributed by atoms with Gasteiger partial charge in [0.05, 0.1) is 24.3 Å². The van der Waals surface area contributed by atoms with Crippen molar-refractivity contribution < 1.29 is 15.0 Å². The molecule has 0 aliphatic heterocycles. The third kappa shape index (κ3) is 3.80. The van der Waals surface area contributed by atoms with Crippen LogP contribution in [0.4, 0.5) is 0 Å². The fourth-order valence-corrected chi connectivity index (χ4v) is 3.63. The smallest absolute Gasteiger partial charge is 0.220 e. The molecule has 0 radical (unpaired) electrons. The van der Waals surface area contributed by atoms with Gasteiger partial charge in [-0.1, -0.05) is 55.5 Å². The second kappa shape index (κ2) is 7.99. The van der Waals surface area contributed by atoms with Gasteiger partial charge in [0.25, 0.3) is 0 Å². The number of aliphatic hydroxyl groups excluding tert-OH is 2. The van der Waals surface area contributed by atoms with E-state index in [2.05, 4.69) is 5.32 Å². The molecule has 1 amide bonds. The zero-order valence-corrected chi connectivity index (χ0v) is 14.9. The Morgan fingerprint density at radius 1 is 1.00 bits per heavy atom. The number of benzene rings is 2. The van der Waals surface area contributed by atoms with Crippen LogP contribution in [0.25, 0.3) is 0 Å². The van der Waals surface area contributed by atoms with Crippen molar-refractivity contribution in [1.29, 1.82) is 0 Å². The van der Waals surface area contributed by atoms with Crippen LogP contribution in [0.3, 0.4) is 0 Å². The Balaban J connectivity index is 0.000000158. The lowest BCUT2D eigenvalue weighted by atomic mass is 10.1. The Hall–Kier alpha value is -2.21. The van der Waals surface area contributed by atoms with E-state index in [4.69, 9.17) is 5.73 Å². The molecule has 5 nitrogen and oxygen atoms in total. The van der Waals surface area contributed by atoms with E-state index in [1.807, 2.05) is 55.5 Å². The van der Waals surface area contributed by atoms with Gasteiger partial charge in [-0.05, 0) is 22.3 Å². The van der Waals surface area contributed by atoms with Gasteiger partial charge in [-0.2, -0.15) is 0 Å². The highest BCUT2D eigenvalue weighted by molar-refractivity contribution is 5.76.